The van der Waals surface area contributed by atoms with E-state index >= 15 is 0 Å². The van der Waals surface area contributed by atoms with E-state index in [0.29, 0.717) is 6.42 Å². The summed E-state index contributed by atoms with van der Waals surface area (Å²) in [5.41, 5.74) is 1.11. The third kappa shape index (κ3) is 2.56. The number of aryl methyl sites for hydroxylation is 1. The monoisotopic (exact) mass is 278 g/mol. The molecule has 0 saturated carbocycles. The smallest absolute Gasteiger partial charge is 0.335 e. The van der Waals surface area contributed by atoms with E-state index in [1.807, 2.05) is 12.3 Å². The molecule has 0 aliphatic rings. The van der Waals surface area contributed by atoms with Gasteiger partial charge in [0, 0.05) is 15.8 Å². The van der Waals surface area contributed by atoms with E-state index in [1.165, 1.54) is 18.4 Å². The first-order valence-corrected chi connectivity index (χ1v) is 5.72. The molecule has 0 spiro atoms. The normalized spacial score (nSPS) is 12.6. The molecule has 3 nitrogen and oxygen atoms in total. The van der Waals surface area contributed by atoms with E-state index in [2.05, 4.69) is 20.7 Å². The molecule has 0 aliphatic heterocycles. The maximum Gasteiger partial charge on any atom is 0.335 e. The quantitative estimate of drug-likeness (QED) is 0.859. The van der Waals surface area contributed by atoms with Crippen LogP contribution in [0.15, 0.2) is 9.85 Å². The molecule has 1 aromatic heterocycles. The van der Waals surface area contributed by atoms with Crippen molar-refractivity contribution in [2.75, 3.05) is 7.11 Å². The van der Waals surface area contributed by atoms with Crippen molar-refractivity contribution < 1.29 is 14.6 Å². The summed E-state index contributed by atoms with van der Waals surface area (Å²) in [6.45, 7) is 1.97. The number of hydrogen-bond acceptors (Lipinski definition) is 4. The summed E-state index contributed by atoms with van der Waals surface area (Å²) in [4.78, 5) is 11.9. The van der Waals surface area contributed by atoms with E-state index in [4.69, 9.17) is 0 Å². The Labute approximate surface area is 94.8 Å². The van der Waals surface area contributed by atoms with E-state index in [0.717, 1.165) is 14.9 Å². The zero-order chi connectivity index (χ0) is 10.7. The van der Waals surface area contributed by atoms with Gasteiger partial charge in [-0.1, -0.05) is 0 Å². The fourth-order valence-corrected chi connectivity index (χ4v) is 2.68. The van der Waals surface area contributed by atoms with E-state index < -0.39 is 12.1 Å². The molecule has 1 N–H and O–H groups in total. The van der Waals surface area contributed by atoms with Gasteiger partial charge in [0.2, 0.25) is 0 Å². The average Bonchev–Trinajstić information content (AvgIpc) is 2.48. The van der Waals surface area contributed by atoms with Gasteiger partial charge in [0.15, 0.2) is 6.10 Å². The number of aliphatic hydroxyl groups is 1. The number of halogens is 1. The fraction of sp³-hybridized carbons (Fsp3) is 0.444. The number of esters is 1. The highest BCUT2D eigenvalue weighted by molar-refractivity contribution is 9.10. The fourth-order valence-electron chi connectivity index (χ4n) is 1.02. The molecule has 0 amide bonds. The number of ether oxygens (including phenoxy) is 1. The number of methoxy groups -OCH3 is 1. The van der Waals surface area contributed by atoms with Gasteiger partial charge >= 0.3 is 5.97 Å². The molecule has 5 heteroatoms. The van der Waals surface area contributed by atoms with E-state index in [9.17, 15) is 9.90 Å². The van der Waals surface area contributed by atoms with Crippen molar-refractivity contribution in [2.45, 2.75) is 19.4 Å². The second kappa shape index (κ2) is 4.91. The molecule has 0 saturated heterocycles. The molecule has 1 unspecified atom stereocenters. The molecular formula is C9H11BrO3S. The van der Waals surface area contributed by atoms with Crippen LogP contribution in [-0.2, 0) is 16.0 Å². The Morgan fingerprint density at radius 1 is 1.79 bits per heavy atom. The molecule has 1 atom stereocenters. The number of aliphatic hydroxyl groups excluding tert-OH is 1. The Morgan fingerprint density at radius 3 is 2.86 bits per heavy atom. The topological polar surface area (TPSA) is 46.5 Å². The third-order valence-electron chi connectivity index (χ3n) is 1.82. The third-order valence-corrected chi connectivity index (χ3v) is 4.31. The van der Waals surface area contributed by atoms with Crippen molar-refractivity contribution in [3.8, 4) is 0 Å². The molecule has 1 heterocycles. The summed E-state index contributed by atoms with van der Waals surface area (Å²) < 4.78 is 5.39. The van der Waals surface area contributed by atoms with Crippen molar-refractivity contribution in [2.24, 2.45) is 0 Å². The van der Waals surface area contributed by atoms with Crippen LogP contribution in [0, 0.1) is 6.92 Å². The molecule has 0 radical (unpaired) electrons. The van der Waals surface area contributed by atoms with Gasteiger partial charge in [0.1, 0.15) is 0 Å². The lowest BCUT2D eigenvalue weighted by atomic mass is 10.2. The van der Waals surface area contributed by atoms with Gasteiger partial charge < -0.3 is 9.84 Å². The Kier molecular flexibility index (Phi) is 4.10. The maximum atomic E-state index is 11.0. The second-order valence-corrected chi connectivity index (χ2v) is 4.66. The lowest BCUT2D eigenvalue weighted by Crippen LogP contribution is -2.23. The van der Waals surface area contributed by atoms with Crippen LogP contribution >= 0.6 is 27.3 Å². The first-order valence-electron chi connectivity index (χ1n) is 4.04. The predicted octanol–water partition coefficient (Wildman–Crippen LogP) is 1.90. The Bertz CT molecular complexity index is 335. The minimum absolute atomic E-state index is 0.297. The Morgan fingerprint density at radius 2 is 2.43 bits per heavy atom. The molecule has 1 rings (SSSR count). The molecule has 0 bridgehead atoms. The van der Waals surface area contributed by atoms with Crippen LogP contribution in [0.25, 0.3) is 0 Å². The second-order valence-electron chi connectivity index (χ2n) is 2.90. The van der Waals surface area contributed by atoms with Gasteiger partial charge in [0.05, 0.1) is 7.11 Å². The van der Waals surface area contributed by atoms with Gasteiger partial charge in [-0.25, -0.2) is 4.79 Å². The summed E-state index contributed by atoms with van der Waals surface area (Å²) in [6, 6.07) is 0. The highest BCUT2D eigenvalue weighted by atomic mass is 79.9. The maximum absolute atomic E-state index is 11.0. The van der Waals surface area contributed by atoms with Gasteiger partial charge in [-0.3, -0.25) is 0 Å². The number of rotatable bonds is 3. The molecular weight excluding hydrogens is 268 g/mol. The van der Waals surface area contributed by atoms with E-state index in [1.54, 1.807) is 0 Å². The van der Waals surface area contributed by atoms with Crippen molar-refractivity contribution in [3.05, 3.63) is 20.3 Å². The molecule has 14 heavy (non-hydrogen) atoms. The van der Waals surface area contributed by atoms with Gasteiger partial charge in [0.25, 0.3) is 0 Å². The standard InChI is InChI=1S/C9H11BrO3S/c1-5-4-14-7(8(5)10)3-6(11)9(12)13-2/h4,6,11H,3H2,1-2H3. The minimum Gasteiger partial charge on any atom is -0.467 e. The van der Waals surface area contributed by atoms with Crippen LogP contribution in [0.1, 0.15) is 10.4 Å². The highest BCUT2D eigenvalue weighted by Gasteiger charge is 2.18. The Hall–Kier alpha value is -0.390. The number of thiophene rings is 1. The molecule has 1 aromatic rings. The SMILES string of the molecule is COC(=O)C(O)Cc1scc(C)c1Br. The zero-order valence-electron chi connectivity index (χ0n) is 7.91. The highest BCUT2D eigenvalue weighted by Crippen LogP contribution is 2.28. The van der Waals surface area contributed by atoms with Gasteiger partial charge in [-0.15, -0.1) is 11.3 Å². The van der Waals surface area contributed by atoms with Crippen molar-refractivity contribution in [1.29, 1.82) is 0 Å². The van der Waals surface area contributed by atoms with Crippen LogP contribution in [0.2, 0.25) is 0 Å². The van der Waals surface area contributed by atoms with Gasteiger partial charge in [-0.2, -0.15) is 0 Å². The molecule has 78 valence electrons. The number of carbonyl (C=O) groups is 1. The summed E-state index contributed by atoms with van der Waals surface area (Å²) >= 11 is 4.91. The predicted molar refractivity (Wildman–Crippen MR) is 58.5 cm³/mol. The molecule has 0 fully saturated rings. The van der Waals surface area contributed by atoms with Crippen molar-refractivity contribution in [1.82, 2.24) is 0 Å². The van der Waals surface area contributed by atoms with Crippen LogP contribution in [-0.4, -0.2) is 24.3 Å². The molecule has 0 aromatic carbocycles. The average molecular weight is 279 g/mol. The van der Waals surface area contributed by atoms with Crippen molar-refractivity contribution >= 4 is 33.2 Å². The number of hydrogen-bond donors (Lipinski definition) is 1. The van der Waals surface area contributed by atoms with Gasteiger partial charge in [-0.05, 0) is 33.8 Å². The molecule has 0 aliphatic carbocycles. The van der Waals surface area contributed by atoms with Crippen LogP contribution in [0.5, 0.6) is 0 Å². The largest absolute Gasteiger partial charge is 0.467 e. The first-order chi connectivity index (χ1) is 6.56. The summed E-state index contributed by atoms with van der Waals surface area (Å²) in [7, 11) is 1.26. The Balaban J connectivity index is 2.69. The first kappa shape index (κ1) is 11.7. The zero-order valence-corrected chi connectivity index (χ0v) is 10.3. The lowest BCUT2D eigenvalue weighted by molar-refractivity contribution is -0.150. The van der Waals surface area contributed by atoms with Crippen LogP contribution < -0.4 is 0 Å². The van der Waals surface area contributed by atoms with Crippen molar-refractivity contribution in [3.63, 3.8) is 0 Å². The number of carbonyl (C=O) groups excluding carboxylic acids is 1. The van der Waals surface area contributed by atoms with E-state index in [-0.39, 0.29) is 0 Å². The van der Waals surface area contributed by atoms with Crippen LogP contribution in [0.3, 0.4) is 0 Å². The lowest BCUT2D eigenvalue weighted by Gasteiger charge is -2.06. The summed E-state index contributed by atoms with van der Waals surface area (Å²) in [5.74, 6) is -0.594. The van der Waals surface area contributed by atoms with Crippen LogP contribution in [0.4, 0.5) is 0 Å². The summed E-state index contributed by atoms with van der Waals surface area (Å²) in [5, 5.41) is 11.4. The minimum atomic E-state index is -1.07. The summed E-state index contributed by atoms with van der Waals surface area (Å²) in [6.07, 6.45) is -0.777.